The van der Waals surface area contributed by atoms with Gasteiger partial charge in [-0.15, -0.1) is 0 Å². The van der Waals surface area contributed by atoms with Crippen LogP contribution in [-0.4, -0.2) is 18.2 Å². The van der Waals surface area contributed by atoms with Crippen LogP contribution in [0.4, 0.5) is 0 Å². The molecular weight excluding hydrogens is 232 g/mol. The molecular formula is C14H14O4. The van der Waals surface area contributed by atoms with Gasteiger partial charge in [-0.1, -0.05) is 24.3 Å². The van der Waals surface area contributed by atoms with Crippen LogP contribution in [0, 0.1) is 6.92 Å². The summed E-state index contributed by atoms with van der Waals surface area (Å²) in [6.45, 7) is 3.05. The second-order valence-corrected chi connectivity index (χ2v) is 3.98. The van der Waals surface area contributed by atoms with Gasteiger partial charge in [0.15, 0.2) is 11.5 Å². The Hall–Kier alpha value is -2.23. The first-order chi connectivity index (χ1) is 8.56. The molecule has 2 aromatic carbocycles. The molecule has 0 unspecified atom stereocenters. The van der Waals surface area contributed by atoms with Gasteiger partial charge < -0.3 is 14.6 Å². The smallest absolute Gasteiger partial charge is 0.308 e. The van der Waals surface area contributed by atoms with Crippen LogP contribution in [0.15, 0.2) is 24.3 Å². The van der Waals surface area contributed by atoms with Gasteiger partial charge in [0.25, 0.3) is 0 Å². The topological polar surface area (TPSA) is 55.8 Å². The standard InChI is InChI=1S/C14H14O4/c1-8-12(16)10-6-4-5-7-11(10)14(13(8)17-3)18-9(2)15/h4-7,16H,1-3H3. The maximum Gasteiger partial charge on any atom is 0.308 e. The molecule has 0 aliphatic carbocycles. The van der Waals surface area contributed by atoms with Gasteiger partial charge in [0, 0.05) is 23.3 Å². The molecule has 2 rings (SSSR count). The Morgan fingerprint density at radius 2 is 1.78 bits per heavy atom. The van der Waals surface area contributed by atoms with E-state index in [2.05, 4.69) is 0 Å². The summed E-state index contributed by atoms with van der Waals surface area (Å²) in [5, 5.41) is 11.4. The molecule has 1 N–H and O–H groups in total. The average molecular weight is 246 g/mol. The predicted molar refractivity (Wildman–Crippen MR) is 68.2 cm³/mol. The summed E-state index contributed by atoms with van der Waals surface area (Å²) >= 11 is 0. The second-order valence-electron chi connectivity index (χ2n) is 3.98. The van der Waals surface area contributed by atoms with Gasteiger partial charge in [0.05, 0.1) is 7.11 Å². The van der Waals surface area contributed by atoms with Crippen molar-refractivity contribution in [3.05, 3.63) is 29.8 Å². The highest BCUT2D eigenvalue weighted by Crippen LogP contribution is 2.44. The van der Waals surface area contributed by atoms with E-state index < -0.39 is 5.97 Å². The van der Waals surface area contributed by atoms with Gasteiger partial charge in [-0.25, -0.2) is 0 Å². The zero-order valence-electron chi connectivity index (χ0n) is 10.5. The predicted octanol–water partition coefficient (Wildman–Crippen LogP) is 2.79. The van der Waals surface area contributed by atoms with Crippen molar-refractivity contribution in [2.24, 2.45) is 0 Å². The first-order valence-corrected chi connectivity index (χ1v) is 5.53. The van der Waals surface area contributed by atoms with E-state index in [0.29, 0.717) is 27.8 Å². The van der Waals surface area contributed by atoms with Crippen molar-refractivity contribution in [1.29, 1.82) is 0 Å². The second kappa shape index (κ2) is 4.56. The largest absolute Gasteiger partial charge is 0.507 e. The molecule has 4 heteroatoms. The van der Waals surface area contributed by atoms with Crippen LogP contribution in [0.1, 0.15) is 12.5 Å². The number of aromatic hydroxyl groups is 1. The van der Waals surface area contributed by atoms with E-state index in [0.717, 1.165) is 0 Å². The molecule has 0 amide bonds. The normalized spacial score (nSPS) is 10.4. The molecule has 0 aliphatic heterocycles. The molecule has 0 saturated carbocycles. The summed E-state index contributed by atoms with van der Waals surface area (Å²) in [6, 6.07) is 7.16. The number of phenols is 1. The number of benzene rings is 2. The number of hydrogen-bond acceptors (Lipinski definition) is 4. The zero-order valence-corrected chi connectivity index (χ0v) is 10.5. The maximum absolute atomic E-state index is 11.2. The highest BCUT2D eigenvalue weighted by Gasteiger charge is 2.19. The van der Waals surface area contributed by atoms with Crippen molar-refractivity contribution in [3.8, 4) is 17.2 Å². The van der Waals surface area contributed by atoms with Crippen LogP contribution in [0.25, 0.3) is 10.8 Å². The number of hydrogen-bond donors (Lipinski definition) is 1. The number of phenolic OH excluding ortho intramolecular Hbond substituents is 1. The summed E-state index contributed by atoms with van der Waals surface area (Å²) in [5.74, 6) is 0.430. The molecule has 0 radical (unpaired) electrons. The number of ether oxygens (including phenoxy) is 2. The minimum absolute atomic E-state index is 0.137. The van der Waals surface area contributed by atoms with Crippen molar-refractivity contribution < 1.29 is 19.4 Å². The maximum atomic E-state index is 11.2. The lowest BCUT2D eigenvalue weighted by Crippen LogP contribution is -2.04. The van der Waals surface area contributed by atoms with Gasteiger partial charge in [-0.2, -0.15) is 0 Å². The van der Waals surface area contributed by atoms with E-state index in [1.54, 1.807) is 19.1 Å². The Bertz CT molecular complexity index is 617. The van der Waals surface area contributed by atoms with E-state index in [1.165, 1.54) is 14.0 Å². The quantitative estimate of drug-likeness (QED) is 0.654. The Kier molecular flexibility index (Phi) is 3.10. The highest BCUT2D eigenvalue weighted by atomic mass is 16.6. The van der Waals surface area contributed by atoms with Gasteiger partial charge in [-0.05, 0) is 6.92 Å². The lowest BCUT2D eigenvalue weighted by molar-refractivity contribution is -0.131. The van der Waals surface area contributed by atoms with Crippen molar-refractivity contribution in [1.82, 2.24) is 0 Å². The van der Waals surface area contributed by atoms with Crippen LogP contribution < -0.4 is 9.47 Å². The van der Waals surface area contributed by atoms with Crippen LogP contribution in [0.3, 0.4) is 0 Å². The van der Waals surface area contributed by atoms with E-state index in [1.807, 2.05) is 12.1 Å². The molecule has 0 saturated heterocycles. The number of esters is 1. The monoisotopic (exact) mass is 246 g/mol. The molecule has 94 valence electrons. The Labute approximate surface area is 105 Å². The van der Waals surface area contributed by atoms with Crippen molar-refractivity contribution in [2.75, 3.05) is 7.11 Å². The van der Waals surface area contributed by atoms with E-state index >= 15 is 0 Å². The third kappa shape index (κ3) is 1.86. The first kappa shape index (κ1) is 12.2. The number of methoxy groups -OCH3 is 1. The fourth-order valence-corrected chi connectivity index (χ4v) is 1.98. The summed E-state index contributed by atoms with van der Waals surface area (Å²) < 4.78 is 10.4. The van der Waals surface area contributed by atoms with E-state index in [4.69, 9.17) is 9.47 Å². The van der Waals surface area contributed by atoms with Crippen molar-refractivity contribution >= 4 is 16.7 Å². The molecule has 0 bridgehead atoms. The molecule has 4 nitrogen and oxygen atoms in total. The molecule has 0 atom stereocenters. The minimum atomic E-state index is -0.427. The summed E-state index contributed by atoms with van der Waals surface area (Å²) in [7, 11) is 1.48. The number of carbonyl (C=O) groups is 1. The Morgan fingerprint density at radius 3 is 2.33 bits per heavy atom. The van der Waals surface area contributed by atoms with Gasteiger partial charge in [-0.3, -0.25) is 4.79 Å². The van der Waals surface area contributed by atoms with Crippen molar-refractivity contribution in [3.63, 3.8) is 0 Å². The van der Waals surface area contributed by atoms with Crippen LogP contribution in [0.2, 0.25) is 0 Å². The van der Waals surface area contributed by atoms with Crippen LogP contribution in [-0.2, 0) is 4.79 Å². The van der Waals surface area contributed by atoms with E-state index in [9.17, 15) is 9.90 Å². The third-order valence-corrected chi connectivity index (χ3v) is 2.78. The molecule has 0 aliphatic rings. The number of rotatable bonds is 2. The SMILES string of the molecule is COc1c(C)c(O)c2ccccc2c1OC(C)=O. The first-order valence-electron chi connectivity index (χ1n) is 5.53. The zero-order chi connectivity index (χ0) is 13.3. The Morgan fingerprint density at radius 1 is 1.17 bits per heavy atom. The summed E-state index contributed by atoms with van der Waals surface area (Å²) in [6.07, 6.45) is 0. The highest BCUT2D eigenvalue weighted by molar-refractivity contribution is 5.98. The number of fused-ring (bicyclic) bond motifs is 1. The van der Waals surface area contributed by atoms with Gasteiger partial charge >= 0.3 is 5.97 Å². The minimum Gasteiger partial charge on any atom is -0.507 e. The fraction of sp³-hybridized carbons (Fsp3) is 0.214. The molecule has 0 heterocycles. The third-order valence-electron chi connectivity index (χ3n) is 2.78. The number of carbonyl (C=O) groups excluding carboxylic acids is 1. The van der Waals surface area contributed by atoms with Gasteiger partial charge in [0.2, 0.25) is 0 Å². The average Bonchev–Trinajstić information content (AvgIpc) is 2.35. The lowest BCUT2D eigenvalue weighted by Gasteiger charge is -2.15. The summed E-state index contributed by atoms with van der Waals surface area (Å²) in [5.41, 5.74) is 0.549. The lowest BCUT2D eigenvalue weighted by atomic mass is 10.0. The molecule has 2 aromatic rings. The van der Waals surface area contributed by atoms with Crippen LogP contribution in [0.5, 0.6) is 17.2 Å². The molecule has 0 aromatic heterocycles. The van der Waals surface area contributed by atoms with Gasteiger partial charge in [0.1, 0.15) is 5.75 Å². The Balaban J connectivity index is 2.86. The molecule has 0 spiro atoms. The fourth-order valence-electron chi connectivity index (χ4n) is 1.98. The summed E-state index contributed by atoms with van der Waals surface area (Å²) in [4.78, 5) is 11.2. The molecule has 0 fully saturated rings. The molecule has 18 heavy (non-hydrogen) atoms. The van der Waals surface area contributed by atoms with Crippen molar-refractivity contribution in [2.45, 2.75) is 13.8 Å². The van der Waals surface area contributed by atoms with E-state index in [-0.39, 0.29) is 5.75 Å². The van der Waals surface area contributed by atoms with Crippen LogP contribution >= 0.6 is 0 Å².